The van der Waals surface area contributed by atoms with E-state index in [0.717, 1.165) is 42.4 Å². The third kappa shape index (κ3) is 8.38. The summed E-state index contributed by atoms with van der Waals surface area (Å²) in [4.78, 5) is 39.4. The number of carbonyl (C=O) groups is 2. The van der Waals surface area contributed by atoms with Gasteiger partial charge in [-0.05, 0) is 41.7 Å². The highest BCUT2D eigenvalue weighted by molar-refractivity contribution is 7.99. The zero-order chi connectivity index (χ0) is 27.6. The number of nitrogens with zero attached hydrogens (tertiary/aromatic N) is 2. The van der Waals surface area contributed by atoms with Crippen LogP contribution in [-0.4, -0.2) is 39.5 Å². The van der Waals surface area contributed by atoms with Gasteiger partial charge in [0.1, 0.15) is 11.9 Å². The molecular weight excluding hydrogens is 517 g/mol. The minimum Gasteiger partial charge on any atom is -0.352 e. The Hall–Kier alpha value is -3.72. The van der Waals surface area contributed by atoms with E-state index < -0.39 is 11.0 Å². The van der Waals surface area contributed by atoms with Gasteiger partial charge in [0.15, 0.2) is 0 Å². The van der Waals surface area contributed by atoms with Crippen molar-refractivity contribution in [3.63, 3.8) is 0 Å². The second kappa shape index (κ2) is 13.9. The molecule has 1 unspecified atom stereocenters. The van der Waals surface area contributed by atoms with Gasteiger partial charge in [-0.2, -0.15) is 0 Å². The fraction of sp³-hybridized carbons (Fsp3) is 0.333. The van der Waals surface area contributed by atoms with Gasteiger partial charge in [-0.1, -0.05) is 67.4 Å². The normalized spacial score (nSPS) is 14.1. The lowest BCUT2D eigenvalue weighted by Crippen LogP contribution is -2.52. The molecule has 0 heterocycles. The predicted octanol–water partition coefficient (Wildman–Crippen LogP) is 5.67. The lowest BCUT2D eigenvalue weighted by Gasteiger charge is -2.32. The third-order valence-corrected chi connectivity index (χ3v) is 7.87. The predicted molar refractivity (Wildman–Crippen MR) is 151 cm³/mol. The minimum absolute atomic E-state index is 0.0160. The second-order valence-corrected chi connectivity index (χ2v) is 10.7. The summed E-state index contributed by atoms with van der Waals surface area (Å²) in [5, 5.41) is 14.1. The number of nitro groups is 1. The van der Waals surface area contributed by atoms with Crippen molar-refractivity contribution < 1.29 is 18.9 Å². The molecule has 0 radical (unpaired) electrons. The van der Waals surface area contributed by atoms with Crippen LogP contribution in [0.5, 0.6) is 0 Å². The van der Waals surface area contributed by atoms with Gasteiger partial charge < -0.3 is 10.2 Å². The molecule has 1 aliphatic carbocycles. The van der Waals surface area contributed by atoms with Gasteiger partial charge in [0, 0.05) is 36.9 Å². The molecule has 9 heteroatoms. The number of non-ortho nitro benzene ring substituents is 1. The number of nitrogens with one attached hydrogen (secondary N) is 1. The molecule has 1 aliphatic rings. The van der Waals surface area contributed by atoms with Crippen LogP contribution in [0.2, 0.25) is 0 Å². The van der Waals surface area contributed by atoms with Crippen molar-refractivity contribution in [2.75, 3.05) is 5.75 Å². The van der Waals surface area contributed by atoms with Crippen LogP contribution in [0.1, 0.15) is 42.4 Å². The van der Waals surface area contributed by atoms with E-state index >= 15 is 0 Å². The Labute approximate surface area is 231 Å². The molecule has 0 spiro atoms. The molecule has 0 aliphatic heterocycles. The Morgan fingerprint density at radius 3 is 2.23 bits per heavy atom. The molecule has 1 N–H and O–H groups in total. The molecule has 1 fully saturated rings. The third-order valence-electron chi connectivity index (χ3n) is 6.88. The van der Waals surface area contributed by atoms with Crippen molar-refractivity contribution in [2.24, 2.45) is 0 Å². The highest BCUT2D eigenvalue weighted by Gasteiger charge is 2.32. The zero-order valence-corrected chi connectivity index (χ0v) is 22.4. The first kappa shape index (κ1) is 28.3. The van der Waals surface area contributed by atoms with E-state index in [1.165, 1.54) is 36.0 Å². The van der Waals surface area contributed by atoms with Gasteiger partial charge in [-0.25, -0.2) is 4.39 Å². The molecule has 7 nitrogen and oxygen atoms in total. The van der Waals surface area contributed by atoms with E-state index in [1.54, 1.807) is 29.2 Å². The SMILES string of the molecule is O=C(NC1CCCC1)C(Cc1ccccc1)N(Cc1ccc(F)cc1)C(=O)CSCc1ccc([N+](=O)[O-])cc1. The summed E-state index contributed by atoms with van der Waals surface area (Å²) in [5.41, 5.74) is 2.56. The maximum atomic E-state index is 13.7. The Balaban J connectivity index is 1.53. The smallest absolute Gasteiger partial charge is 0.269 e. The first-order valence-electron chi connectivity index (χ1n) is 13.1. The minimum atomic E-state index is -0.731. The van der Waals surface area contributed by atoms with Crippen molar-refractivity contribution in [1.29, 1.82) is 0 Å². The molecule has 3 aromatic rings. The van der Waals surface area contributed by atoms with Crippen LogP contribution in [0.4, 0.5) is 10.1 Å². The zero-order valence-electron chi connectivity index (χ0n) is 21.6. The number of amides is 2. The quantitative estimate of drug-likeness (QED) is 0.232. The molecule has 1 atom stereocenters. The largest absolute Gasteiger partial charge is 0.352 e. The van der Waals surface area contributed by atoms with Gasteiger partial charge in [0.2, 0.25) is 11.8 Å². The number of hydrogen-bond donors (Lipinski definition) is 1. The van der Waals surface area contributed by atoms with E-state index in [2.05, 4.69) is 5.32 Å². The molecule has 4 rings (SSSR count). The topological polar surface area (TPSA) is 92.6 Å². The summed E-state index contributed by atoms with van der Waals surface area (Å²) >= 11 is 1.39. The highest BCUT2D eigenvalue weighted by atomic mass is 32.2. The molecule has 3 aromatic carbocycles. The summed E-state index contributed by atoms with van der Waals surface area (Å²) in [6.45, 7) is 0.173. The van der Waals surface area contributed by atoms with Crippen molar-refractivity contribution in [2.45, 2.75) is 56.5 Å². The molecule has 1 saturated carbocycles. The lowest BCUT2D eigenvalue weighted by atomic mass is 10.0. The van der Waals surface area contributed by atoms with E-state index in [1.807, 2.05) is 30.3 Å². The molecular formula is C30H32FN3O4S. The number of halogens is 1. The maximum Gasteiger partial charge on any atom is 0.269 e. The number of thioether (sulfide) groups is 1. The first-order chi connectivity index (χ1) is 18.9. The van der Waals surface area contributed by atoms with E-state index in [-0.39, 0.29) is 41.7 Å². The van der Waals surface area contributed by atoms with E-state index in [4.69, 9.17) is 0 Å². The summed E-state index contributed by atoms with van der Waals surface area (Å²) in [6, 6.07) is 21.2. The van der Waals surface area contributed by atoms with Crippen molar-refractivity contribution >= 4 is 29.3 Å². The monoisotopic (exact) mass is 549 g/mol. The van der Waals surface area contributed by atoms with Crippen LogP contribution in [-0.2, 0) is 28.3 Å². The fourth-order valence-corrected chi connectivity index (χ4v) is 5.63. The number of rotatable bonds is 12. The van der Waals surface area contributed by atoms with Crippen LogP contribution >= 0.6 is 11.8 Å². The van der Waals surface area contributed by atoms with E-state index in [0.29, 0.717) is 12.2 Å². The molecule has 0 saturated heterocycles. The van der Waals surface area contributed by atoms with Crippen molar-refractivity contribution in [3.05, 3.63) is 111 Å². The summed E-state index contributed by atoms with van der Waals surface area (Å²) in [5.74, 6) is -0.128. The van der Waals surface area contributed by atoms with Crippen molar-refractivity contribution in [3.8, 4) is 0 Å². The Morgan fingerprint density at radius 2 is 1.59 bits per heavy atom. The van der Waals surface area contributed by atoms with Gasteiger partial charge in [0.05, 0.1) is 10.7 Å². The Kier molecular flexibility index (Phi) is 10.1. The Morgan fingerprint density at radius 1 is 0.949 bits per heavy atom. The van der Waals surface area contributed by atoms with Gasteiger partial charge in [-0.3, -0.25) is 19.7 Å². The highest BCUT2D eigenvalue weighted by Crippen LogP contribution is 2.22. The van der Waals surface area contributed by atoms with Crippen LogP contribution in [0.25, 0.3) is 0 Å². The van der Waals surface area contributed by atoms with Crippen LogP contribution < -0.4 is 5.32 Å². The van der Waals surface area contributed by atoms with Crippen LogP contribution in [0, 0.1) is 15.9 Å². The van der Waals surface area contributed by atoms with Crippen LogP contribution in [0.15, 0.2) is 78.9 Å². The number of carbonyl (C=O) groups excluding carboxylic acids is 2. The summed E-state index contributed by atoms with van der Waals surface area (Å²) in [7, 11) is 0. The summed E-state index contributed by atoms with van der Waals surface area (Å²) in [6.07, 6.45) is 4.37. The van der Waals surface area contributed by atoms with Crippen molar-refractivity contribution in [1.82, 2.24) is 10.2 Å². The molecule has 39 heavy (non-hydrogen) atoms. The van der Waals surface area contributed by atoms with Gasteiger partial charge in [-0.15, -0.1) is 11.8 Å². The van der Waals surface area contributed by atoms with Gasteiger partial charge in [0.25, 0.3) is 5.69 Å². The molecule has 0 bridgehead atoms. The second-order valence-electron chi connectivity index (χ2n) is 9.76. The molecule has 204 valence electrons. The molecule has 2 amide bonds. The number of hydrogen-bond acceptors (Lipinski definition) is 5. The van der Waals surface area contributed by atoms with Crippen LogP contribution in [0.3, 0.4) is 0 Å². The van der Waals surface area contributed by atoms with Gasteiger partial charge >= 0.3 is 0 Å². The summed E-state index contributed by atoms with van der Waals surface area (Å²) < 4.78 is 13.6. The average molecular weight is 550 g/mol. The lowest BCUT2D eigenvalue weighted by molar-refractivity contribution is -0.384. The maximum absolute atomic E-state index is 13.7. The Bertz CT molecular complexity index is 1250. The van der Waals surface area contributed by atoms with E-state index in [9.17, 15) is 24.1 Å². The standard InChI is InChI=1S/C30H32FN3O4S/c31-25-14-10-23(11-15-25)19-33(29(35)21-39-20-24-12-16-27(17-13-24)34(37)38)28(18-22-6-2-1-3-7-22)30(36)32-26-8-4-5-9-26/h1-3,6-7,10-17,26,28H,4-5,8-9,18-21H2,(H,32,36). The number of benzene rings is 3. The first-order valence-corrected chi connectivity index (χ1v) is 14.2. The molecule has 0 aromatic heterocycles. The number of nitro benzene ring substituents is 1. The average Bonchev–Trinajstić information content (AvgIpc) is 3.45. The fourth-order valence-electron chi connectivity index (χ4n) is 4.76.